The first-order chi connectivity index (χ1) is 15.2. The van der Waals surface area contributed by atoms with E-state index in [4.69, 9.17) is 5.26 Å². The van der Waals surface area contributed by atoms with E-state index in [0.717, 1.165) is 11.6 Å². The molecule has 0 bridgehead atoms. The number of carbonyl (C=O) groups excluding carboxylic acids is 2. The topological polar surface area (TPSA) is 73.2 Å². The van der Waals surface area contributed by atoms with Gasteiger partial charge in [-0.2, -0.15) is 18.4 Å². The lowest BCUT2D eigenvalue weighted by Gasteiger charge is -2.18. The Kier molecular flexibility index (Phi) is 6.59. The minimum Gasteiger partial charge on any atom is -0.337 e. The third-order valence-corrected chi connectivity index (χ3v) is 4.72. The van der Waals surface area contributed by atoms with Gasteiger partial charge in [-0.1, -0.05) is 24.3 Å². The molecule has 3 aromatic carbocycles. The van der Waals surface area contributed by atoms with Crippen molar-refractivity contribution >= 4 is 17.5 Å². The van der Waals surface area contributed by atoms with Gasteiger partial charge >= 0.3 is 6.18 Å². The second kappa shape index (κ2) is 9.35. The van der Waals surface area contributed by atoms with Crippen LogP contribution in [0, 0.1) is 11.3 Å². The Labute approximate surface area is 182 Å². The number of nitriles is 1. The zero-order valence-corrected chi connectivity index (χ0v) is 17.0. The molecule has 32 heavy (non-hydrogen) atoms. The Bertz CT molecular complexity index is 1160. The van der Waals surface area contributed by atoms with E-state index in [1.54, 1.807) is 31.3 Å². The van der Waals surface area contributed by atoms with Crippen LogP contribution in [0.15, 0.2) is 72.8 Å². The predicted octanol–water partition coefficient (Wildman–Crippen LogP) is 5.10. The second-order valence-electron chi connectivity index (χ2n) is 7.04. The summed E-state index contributed by atoms with van der Waals surface area (Å²) in [5.41, 5.74) is 0.534. The van der Waals surface area contributed by atoms with Gasteiger partial charge in [-0.25, -0.2) is 0 Å². The van der Waals surface area contributed by atoms with E-state index in [1.165, 1.54) is 47.4 Å². The first-order valence-corrected chi connectivity index (χ1v) is 9.51. The number of halogens is 3. The Morgan fingerprint density at radius 3 is 2.12 bits per heavy atom. The molecule has 8 heteroatoms. The smallest absolute Gasteiger partial charge is 0.337 e. The van der Waals surface area contributed by atoms with Gasteiger partial charge in [-0.3, -0.25) is 9.59 Å². The summed E-state index contributed by atoms with van der Waals surface area (Å²) >= 11 is 0. The first kappa shape index (κ1) is 22.6. The minimum atomic E-state index is -4.60. The van der Waals surface area contributed by atoms with Crippen molar-refractivity contribution in [1.82, 2.24) is 4.90 Å². The molecule has 0 heterocycles. The van der Waals surface area contributed by atoms with Gasteiger partial charge in [0.25, 0.3) is 11.8 Å². The number of nitrogens with one attached hydrogen (secondary N) is 1. The van der Waals surface area contributed by atoms with Gasteiger partial charge in [-0.05, 0) is 54.1 Å². The Balaban J connectivity index is 1.68. The molecule has 2 amide bonds. The summed E-state index contributed by atoms with van der Waals surface area (Å²) in [6, 6.07) is 19.2. The molecule has 0 atom stereocenters. The molecule has 3 aromatic rings. The zero-order valence-electron chi connectivity index (χ0n) is 17.0. The highest BCUT2D eigenvalue weighted by Crippen LogP contribution is 2.34. The number of amides is 2. The van der Waals surface area contributed by atoms with E-state index in [1.807, 2.05) is 6.07 Å². The van der Waals surface area contributed by atoms with Gasteiger partial charge in [0, 0.05) is 24.7 Å². The number of para-hydroxylation sites is 1. The van der Waals surface area contributed by atoms with Gasteiger partial charge in [0.15, 0.2) is 0 Å². The molecule has 1 N–H and O–H groups in total. The molecule has 5 nitrogen and oxygen atoms in total. The number of nitrogens with zero attached hydrogens (tertiary/aromatic N) is 2. The van der Waals surface area contributed by atoms with E-state index in [9.17, 15) is 22.8 Å². The number of rotatable bonds is 5. The lowest BCUT2D eigenvalue weighted by molar-refractivity contribution is -0.136. The Morgan fingerprint density at radius 2 is 1.53 bits per heavy atom. The molecule has 0 aromatic heterocycles. The van der Waals surface area contributed by atoms with Crippen LogP contribution in [0.1, 0.15) is 37.4 Å². The highest BCUT2D eigenvalue weighted by atomic mass is 19.4. The molecule has 0 radical (unpaired) electrons. The van der Waals surface area contributed by atoms with E-state index in [0.29, 0.717) is 17.7 Å². The van der Waals surface area contributed by atoms with Crippen molar-refractivity contribution in [2.75, 3.05) is 12.4 Å². The molecule has 0 saturated carbocycles. The van der Waals surface area contributed by atoms with Crippen molar-refractivity contribution in [3.63, 3.8) is 0 Å². The van der Waals surface area contributed by atoms with Crippen molar-refractivity contribution in [2.24, 2.45) is 0 Å². The van der Waals surface area contributed by atoms with Crippen molar-refractivity contribution < 1.29 is 22.8 Å². The van der Waals surface area contributed by atoms with Crippen molar-refractivity contribution in [3.05, 3.63) is 101 Å². The largest absolute Gasteiger partial charge is 0.418 e. The number of alkyl halides is 3. The van der Waals surface area contributed by atoms with Gasteiger partial charge < -0.3 is 10.2 Å². The summed E-state index contributed by atoms with van der Waals surface area (Å²) in [7, 11) is 1.62. The van der Waals surface area contributed by atoms with E-state index in [-0.39, 0.29) is 17.2 Å². The fourth-order valence-corrected chi connectivity index (χ4v) is 3.05. The van der Waals surface area contributed by atoms with Crippen molar-refractivity contribution in [1.29, 1.82) is 5.26 Å². The van der Waals surface area contributed by atoms with Crippen LogP contribution < -0.4 is 5.32 Å². The quantitative estimate of drug-likeness (QED) is 0.604. The van der Waals surface area contributed by atoms with Gasteiger partial charge in [-0.15, -0.1) is 0 Å². The van der Waals surface area contributed by atoms with Gasteiger partial charge in [0.05, 0.1) is 22.9 Å². The second-order valence-corrected chi connectivity index (χ2v) is 7.04. The number of hydrogen-bond donors (Lipinski definition) is 1. The number of benzene rings is 3. The lowest BCUT2D eigenvalue weighted by atomic mass is 10.1. The maximum Gasteiger partial charge on any atom is 0.418 e. The molecule has 0 aliphatic rings. The third-order valence-electron chi connectivity index (χ3n) is 4.72. The maximum atomic E-state index is 13.1. The van der Waals surface area contributed by atoms with Crippen LogP contribution in [-0.4, -0.2) is 23.8 Å². The van der Waals surface area contributed by atoms with E-state index in [2.05, 4.69) is 5.32 Å². The molecular weight excluding hydrogens is 419 g/mol. The normalized spacial score (nSPS) is 10.8. The summed E-state index contributed by atoms with van der Waals surface area (Å²) in [5, 5.41) is 11.1. The molecule has 0 fully saturated rings. The fourth-order valence-electron chi connectivity index (χ4n) is 3.05. The summed E-state index contributed by atoms with van der Waals surface area (Å²) in [6.07, 6.45) is -4.60. The van der Waals surface area contributed by atoms with Crippen LogP contribution in [-0.2, 0) is 12.7 Å². The zero-order chi connectivity index (χ0) is 23.3. The number of carbonyl (C=O) groups is 2. The average Bonchev–Trinajstić information content (AvgIpc) is 2.78. The first-order valence-electron chi connectivity index (χ1n) is 9.51. The molecule has 162 valence electrons. The van der Waals surface area contributed by atoms with Crippen LogP contribution in [0.4, 0.5) is 18.9 Å². The van der Waals surface area contributed by atoms with Crippen LogP contribution in [0.25, 0.3) is 0 Å². The predicted molar refractivity (Wildman–Crippen MR) is 113 cm³/mol. The van der Waals surface area contributed by atoms with Crippen molar-refractivity contribution in [2.45, 2.75) is 12.7 Å². The molecule has 0 unspecified atom stereocenters. The molecular formula is C24H18F3N3O2. The average molecular weight is 437 g/mol. The molecule has 3 rings (SSSR count). The Hall–Kier alpha value is -4.12. The minimum absolute atomic E-state index is 0.119. The highest BCUT2D eigenvalue weighted by Gasteiger charge is 2.33. The lowest BCUT2D eigenvalue weighted by Crippen LogP contribution is -2.26. The SMILES string of the molecule is CN(Cc1ccc(C#N)cc1)C(=O)c1ccc(C(=O)Nc2ccccc2C(F)(F)F)cc1. The summed E-state index contributed by atoms with van der Waals surface area (Å²) in [4.78, 5) is 26.5. The Morgan fingerprint density at radius 1 is 0.938 bits per heavy atom. The summed E-state index contributed by atoms with van der Waals surface area (Å²) in [5.74, 6) is -1.00. The fraction of sp³-hybridized carbons (Fsp3) is 0.125. The van der Waals surface area contributed by atoms with Crippen LogP contribution in [0.3, 0.4) is 0 Å². The van der Waals surface area contributed by atoms with Gasteiger partial charge in [0.1, 0.15) is 0 Å². The molecule has 0 saturated heterocycles. The third kappa shape index (κ3) is 5.32. The maximum absolute atomic E-state index is 13.1. The standard InChI is InChI=1S/C24H18F3N3O2/c1-30(15-17-8-6-16(14-28)7-9-17)23(32)19-12-10-18(11-13-19)22(31)29-21-5-3-2-4-20(21)24(25,26)27/h2-13H,15H2,1H3,(H,29,31). The van der Waals surface area contributed by atoms with Gasteiger partial charge in [0.2, 0.25) is 0 Å². The molecule has 0 aliphatic heterocycles. The molecule has 0 spiro atoms. The summed E-state index contributed by atoms with van der Waals surface area (Å²) in [6.45, 7) is 0.320. The molecule has 0 aliphatic carbocycles. The van der Waals surface area contributed by atoms with Crippen molar-refractivity contribution in [3.8, 4) is 6.07 Å². The number of hydrogen-bond acceptors (Lipinski definition) is 3. The van der Waals surface area contributed by atoms with E-state index >= 15 is 0 Å². The van der Waals surface area contributed by atoms with E-state index < -0.39 is 17.6 Å². The summed E-state index contributed by atoms with van der Waals surface area (Å²) < 4.78 is 39.3. The van der Waals surface area contributed by atoms with Crippen LogP contribution >= 0.6 is 0 Å². The monoisotopic (exact) mass is 437 g/mol. The van der Waals surface area contributed by atoms with Crippen LogP contribution in [0.2, 0.25) is 0 Å². The van der Waals surface area contributed by atoms with Crippen LogP contribution in [0.5, 0.6) is 0 Å². The highest BCUT2D eigenvalue weighted by molar-refractivity contribution is 6.05. The number of anilines is 1.